The van der Waals surface area contributed by atoms with E-state index in [4.69, 9.17) is 4.98 Å². The lowest BCUT2D eigenvalue weighted by Gasteiger charge is -2.27. The molecule has 1 saturated carbocycles. The Morgan fingerprint density at radius 1 is 1.24 bits per heavy atom. The predicted octanol–water partition coefficient (Wildman–Crippen LogP) is 1.78. The van der Waals surface area contributed by atoms with Crippen LogP contribution in [-0.4, -0.2) is 49.3 Å². The summed E-state index contributed by atoms with van der Waals surface area (Å²) in [5, 5.41) is 3.21. The maximum atomic E-state index is 13.1. The van der Waals surface area contributed by atoms with E-state index in [0.29, 0.717) is 37.1 Å². The highest BCUT2D eigenvalue weighted by Crippen LogP contribution is 2.33. The van der Waals surface area contributed by atoms with Crippen LogP contribution in [-0.2, 0) is 22.6 Å². The van der Waals surface area contributed by atoms with E-state index in [-0.39, 0.29) is 29.3 Å². The van der Waals surface area contributed by atoms with Crippen LogP contribution in [0.5, 0.6) is 0 Å². The summed E-state index contributed by atoms with van der Waals surface area (Å²) in [7, 11) is 0. The molecule has 8 nitrogen and oxygen atoms in total. The first-order valence-corrected chi connectivity index (χ1v) is 10.8. The molecule has 0 spiro atoms. The molecule has 0 radical (unpaired) electrons. The average Bonchev–Trinajstić information content (AvgIpc) is 3.29. The normalized spacial score (nSPS) is 21.6. The minimum absolute atomic E-state index is 0.0277. The number of hydrogen-bond acceptors (Lipinski definition) is 4. The Balaban J connectivity index is 1.47. The lowest BCUT2D eigenvalue weighted by Crippen LogP contribution is -2.40. The van der Waals surface area contributed by atoms with Crippen molar-refractivity contribution in [2.24, 2.45) is 5.92 Å². The fourth-order valence-corrected chi connectivity index (χ4v) is 4.69. The Bertz CT molecular complexity index is 1030. The second-order valence-electron chi connectivity index (χ2n) is 8.53. The first kappa shape index (κ1) is 18.4. The zero-order chi connectivity index (χ0) is 20.1. The van der Waals surface area contributed by atoms with Gasteiger partial charge in [-0.25, -0.2) is 9.50 Å². The first-order valence-electron chi connectivity index (χ1n) is 10.8. The molecule has 5 rings (SSSR count). The largest absolute Gasteiger partial charge is 0.337 e. The monoisotopic (exact) mass is 397 g/mol. The van der Waals surface area contributed by atoms with Crippen molar-refractivity contribution in [3.05, 3.63) is 33.4 Å². The molecule has 0 unspecified atom stereocenters. The Labute approximate surface area is 168 Å². The van der Waals surface area contributed by atoms with Gasteiger partial charge in [0.2, 0.25) is 11.8 Å². The lowest BCUT2D eigenvalue weighted by atomic mass is 10.1. The van der Waals surface area contributed by atoms with E-state index in [1.165, 1.54) is 4.52 Å². The average molecular weight is 397 g/mol. The van der Waals surface area contributed by atoms with Crippen molar-refractivity contribution in [1.29, 1.82) is 0 Å². The molecule has 154 valence electrons. The molecule has 2 aromatic rings. The molecule has 1 saturated heterocycles. The summed E-state index contributed by atoms with van der Waals surface area (Å²) in [6, 6.07) is 1.88. The number of aromatic amines is 1. The second-order valence-corrected chi connectivity index (χ2v) is 8.53. The van der Waals surface area contributed by atoms with Crippen LogP contribution in [0.2, 0.25) is 0 Å². The lowest BCUT2D eigenvalue weighted by molar-refractivity contribution is -0.133. The quantitative estimate of drug-likeness (QED) is 0.851. The summed E-state index contributed by atoms with van der Waals surface area (Å²) in [6.07, 6.45) is 5.78. The van der Waals surface area contributed by atoms with E-state index in [2.05, 4.69) is 5.10 Å². The van der Waals surface area contributed by atoms with Crippen molar-refractivity contribution < 1.29 is 9.59 Å². The molecule has 2 amide bonds. The van der Waals surface area contributed by atoms with Gasteiger partial charge in [-0.2, -0.15) is 0 Å². The molecule has 1 atom stereocenters. The van der Waals surface area contributed by atoms with Crippen molar-refractivity contribution in [3.63, 3.8) is 0 Å². The third-order valence-corrected chi connectivity index (χ3v) is 6.42. The van der Waals surface area contributed by atoms with Gasteiger partial charge in [0, 0.05) is 37.9 Å². The third kappa shape index (κ3) is 3.14. The van der Waals surface area contributed by atoms with E-state index >= 15 is 0 Å². The number of carbonyl (C=O) groups is 2. The van der Waals surface area contributed by atoms with Gasteiger partial charge in [0.25, 0.3) is 5.56 Å². The highest BCUT2D eigenvalue weighted by atomic mass is 16.2. The molecule has 4 heterocycles. The number of nitrogens with zero attached hydrogens (tertiary/aromatic N) is 4. The number of aromatic nitrogens is 3. The summed E-state index contributed by atoms with van der Waals surface area (Å²) in [5.41, 5.74) is 2.74. The smallest absolute Gasteiger partial charge is 0.277 e. The van der Waals surface area contributed by atoms with Crippen LogP contribution >= 0.6 is 0 Å². The maximum Gasteiger partial charge on any atom is 0.277 e. The van der Waals surface area contributed by atoms with Crippen molar-refractivity contribution in [2.75, 3.05) is 13.1 Å². The van der Waals surface area contributed by atoms with Crippen molar-refractivity contribution in [2.45, 2.75) is 64.5 Å². The standard InChI is InChI=1S/C21H27N5O3/c1-2-4-19(27)25-9-3-5-17(25)16-11-18-22-15-8-10-24(20(28)13-6-7-13)12-14(15)21(29)26(18)23-16/h11,13,17,23H,2-10,12H2,1H3/t17-/m0/s1. The van der Waals surface area contributed by atoms with Crippen LogP contribution in [0.3, 0.4) is 0 Å². The topological polar surface area (TPSA) is 90.8 Å². The minimum atomic E-state index is -0.131. The summed E-state index contributed by atoms with van der Waals surface area (Å²) in [6.45, 7) is 3.75. The molecular formula is C21H27N5O3. The van der Waals surface area contributed by atoms with Gasteiger partial charge in [0.1, 0.15) is 0 Å². The number of likely N-dealkylation sites (tertiary alicyclic amines) is 1. The summed E-state index contributed by atoms with van der Waals surface area (Å²) in [5.74, 6) is 0.493. The van der Waals surface area contributed by atoms with Crippen molar-refractivity contribution in [1.82, 2.24) is 24.4 Å². The fourth-order valence-electron chi connectivity index (χ4n) is 4.69. The number of H-pyrrole nitrogens is 1. The maximum absolute atomic E-state index is 13.1. The fraction of sp³-hybridized carbons (Fsp3) is 0.619. The molecular weight excluding hydrogens is 370 g/mol. The van der Waals surface area contributed by atoms with E-state index in [0.717, 1.165) is 50.0 Å². The predicted molar refractivity (Wildman–Crippen MR) is 106 cm³/mol. The Morgan fingerprint density at radius 3 is 2.83 bits per heavy atom. The van der Waals surface area contributed by atoms with Crippen LogP contribution in [0, 0.1) is 5.92 Å². The summed E-state index contributed by atoms with van der Waals surface area (Å²) >= 11 is 0. The van der Waals surface area contributed by atoms with Gasteiger partial charge in [0.15, 0.2) is 5.65 Å². The number of amides is 2. The van der Waals surface area contributed by atoms with Gasteiger partial charge in [-0.1, -0.05) is 6.92 Å². The van der Waals surface area contributed by atoms with E-state index in [9.17, 15) is 14.4 Å². The molecule has 2 fully saturated rings. The SMILES string of the molecule is CCCC(=O)N1CCC[C@H]1c1cc2nc3c(c(=O)n2[nH]1)CN(C(=O)C1CC1)CC3. The number of fused-ring (bicyclic) bond motifs is 2. The van der Waals surface area contributed by atoms with Crippen LogP contribution in [0.1, 0.15) is 68.4 Å². The number of nitrogens with one attached hydrogen (secondary N) is 1. The molecule has 2 aromatic heterocycles. The molecule has 1 aliphatic carbocycles. The van der Waals surface area contributed by atoms with Gasteiger partial charge in [-0.05, 0) is 32.1 Å². The van der Waals surface area contributed by atoms with Gasteiger partial charge >= 0.3 is 0 Å². The van der Waals surface area contributed by atoms with Crippen molar-refractivity contribution >= 4 is 17.5 Å². The van der Waals surface area contributed by atoms with Crippen LogP contribution < -0.4 is 5.56 Å². The summed E-state index contributed by atoms with van der Waals surface area (Å²) < 4.78 is 1.49. The van der Waals surface area contributed by atoms with Gasteiger partial charge in [0.05, 0.1) is 29.5 Å². The zero-order valence-electron chi connectivity index (χ0n) is 16.8. The number of rotatable bonds is 4. The second kappa shape index (κ2) is 7.00. The molecule has 1 N–H and O–H groups in total. The highest BCUT2D eigenvalue weighted by molar-refractivity contribution is 5.81. The molecule has 0 bridgehead atoms. The molecule has 8 heteroatoms. The first-order chi connectivity index (χ1) is 14.1. The zero-order valence-corrected chi connectivity index (χ0v) is 16.8. The van der Waals surface area contributed by atoms with Crippen LogP contribution in [0.15, 0.2) is 10.9 Å². The van der Waals surface area contributed by atoms with Crippen LogP contribution in [0.25, 0.3) is 5.65 Å². The minimum Gasteiger partial charge on any atom is -0.337 e. The molecule has 3 aliphatic rings. The van der Waals surface area contributed by atoms with E-state index < -0.39 is 0 Å². The number of carbonyl (C=O) groups excluding carboxylic acids is 2. The summed E-state index contributed by atoms with van der Waals surface area (Å²) in [4.78, 5) is 46.5. The Morgan fingerprint density at radius 2 is 2.07 bits per heavy atom. The Kier molecular flexibility index (Phi) is 4.44. The van der Waals surface area contributed by atoms with Crippen molar-refractivity contribution in [3.8, 4) is 0 Å². The number of hydrogen-bond donors (Lipinski definition) is 1. The molecule has 2 aliphatic heterocycles. The van der Waals surface area contributed by atoms with E-state index in [1.54, 1.807) is 4.90 Å². The van der Waals surface area contributed by atoms with E-state index in [1.807, 2.05) is 17.9 Å². The molecule has 29 heavy (non-hydrogen) atoms. The van der Waals surface area contributed by atoms with Gasteiger partial charge in [-0.3, -0.25) is 19.5 Å². The van der Waals surface area contributed by atoms with Gasteiger partial charge in [-0.15, -0.1) is 0 Å². The molecule has 0 aromatic carbocycles. The third-order valence-electron chi connectivity index (χ3n) is 6.42. The van der Waals surface area contributed by atoms with Crippen LogP contribution in [0.4, 0.5) is 0 Å². The Hall–Kier alpha value is -2.64. The van der Waals surface area contributed by atoms with Gasteiger partial charge < -0.3 is 9.80 Å². The highest BCUT2D eigenvalue weighted by Gasteiger charge is 2.36.